The lowest BCUT2D eigenvalue weighted by molar-refractivity contribution is 0.170. The lowest BCUT2D eigenvalue weighted by Crippen LogP contribution is -2.09. The average Bonchev–Trinajstić information content (AvgIpc) is 2.66. The molecule has 0 saturated heterocycles. The van der Waals surface area contributed by atoms with Crippen LogP contribution >= 0.6 is 47.8 Å². The first kappa shape index (κ1) is 16.1. The molecule has 7 heteroatoms. The van der Waals surface area contributed by atoms with Crippen molar-refractivity contribution in [3.05, 3.63) is 42.8 Å². The molecule has 0 aliphatic rings. The van der Waals surface area contributed by atoms with Crippen LogP contribution in [0.2, 0.25) is 0 Å². The SMILES string of the molecule is CCc1nn(C)c(CC(O)c2ncc(Br)cc2Br)c1Br. The van der Waals surface area contributed by atoms with Crippen LogP contribution in [0.5, 0.6) is 0 Å². The van der Waals surface area contributed by atoms with Crippen molar-refractivity contribution >= 4 is 47.8 Å². The standard InChI is InChI=1S/C13H14Br3N3O/c1-3-9-12(16)10(19(2)18-9)5-11(20)13-8(15)4-7(14)6-17-13/h4,6,11,20H,3,5H2,1-2H3. The average molecular weight is 468 g/mol. The Morgan fingerprint density at radius 1 is 1.35 bits per heavy atom. The van der Waals surface area contributed by atoms with Crippen molar-refractivity contribution in [2.75, 3.05) is 0 Å². The minimum Gasteiger partial charge on any atom is -0.386 e. The second-order valence-corrected chi connectivity index (χ2v) is 6.99. The summed E-state index contributed by atoms with van der Waals surface area (Å²) in [5.41, 5.74) is 2.59. The van der Waals surface area contributed by atoms with E-state index in [9.17, 15) is 5.11 Å². The molecule has 0 aliphatic carbocycles. The Morgan fingerprint density at radius 3 is 2.60 bits per heavy atom. The van der Waals surface area contributed by atoms with Gasteiger partial charge in [0, 0.05) is 28.6 Å². The summed E-state index contributed by atoms with van der Waals surface area (Å²) in [6.07, 6.45) is 2.30. The van der Waals surface area contributed by atoms with Crippen molar-refractivity contribution in [2.45, 2.75) is 25.9 Å². The summed E-state index contributed by atoms with van der Waals surface area (Å²) in [5.74, 6) is 0. The van der Waals surface area contributed by atoms with Crippen LogP contribution in [0.4, 0.5) is 0 Å². The number of hydrogen-bond donors (Lipinski definition) is 1. The van der Waals surface area contributed by atoms with Crippen LogP contribution < -0.4 is 0 Å². The van der Waals surface area contributed by atoms with Gasteiger partial charge in [0.05, 0.1) is 21.6 Å². The Morgan fingerprint density at radius 2 is 2.05 bits per heavy atom. The summed E-state index contributed by atoms with van der Waals surface area (Å²) in [6, 6.07) is 1.88. The topological polar surface area (TPSA) is 50.9 Å². The molecule has 2 heterocycles. The van der Waals surface area contributed by atoms with Crippen molar-refractivity contribution < 1.29 is 5.11 Å². The van der Waals surface area contributed by atoms with Crippen molar-refractivity contribution in [1.29, 1.82) is 0 Å². The molecule has 0 aromatic carbocycles. The fourth-order valence-corrected chi connectivity index (χ4v) is 4.02. The van der Waals surface area contributed by atoms with Crippen LogP contribution in [0.3, 0.4) is 0 Å². The first-order valence-electron chi connectivity index (χ1n) is 6.13. The van der Waals surface area contributed by atoms with Crippen LogP contribution in [0.1, 0.15) is 30.1 Å². The van der Waals surface area contributed by atoms with Gasteiger partial charge in [-0.15, -0.1) is 0 Å². The van der Waals surface area contributed by atoms with Gasteiger partial charge in [0.15, 0.2) is 0 Å². The number of aromatic nitrogens is 3. The molecule has 0 spiro atoms. The minimum absolute atomic E-state index is 0.456. The Bertz CT molecular complexity index is 628. The van der Waals surface area contributed by atoms with E-state index in [1.54, 1.807) is 10.9 Å². The molecule has 20 heavy (non-hydrogen) atoms. The Balaban J connectivity index is 2.27. The van der Waals surface area contributed by atoms with Crippen molar-refractivity contribution in [1.82, 2.24) is 14.8 Å². The number of halogens is 3. The number of rotatable bonds is 4. The molecule has 108 valence electrons. The predicted molar refractivity (Wildman–Crippen MR) is 88.6 cm³/mol. The van der Waals surface area contributed by atoms with Gasteiger partial charge in [-0.05, 0) is 60.3 Å². The van der Waals surface area contributed by atoms with E-state index in [2.05, 4.69) is 64.8 Å². The third-order valence-electron chi connectivity index (χ3n) is 3.04. The van der Waals surface area contributed by atoms with E-state index in [4.69, 9.17) is 0 Å². The smallest absolute Gasteiger partial charge is 0.103 e. The Hall–Kier alpha value is -0.240. The second kappa shape index (κ2) is 6.68. The van der Waals surface area contributed by atoms with Crippen LogP contribution in [-0.2, 0) is 19.9 Å². The van der Waals surface area contributed by atoms with Gasteiger partial charge in [0.1, 0.15) is 6.10 Å². The number of pyridine rings is 1. The van der Waals surface area contributed by atoms with E-state index in [1.807, 2.05) is 13.1 Å². The van der Waals surface area contributed by atoms with Gasteiger partial charge in [-0.2, -0.15) is 5.10 Å². The summed E-state index contributed by atoms with van der Waals surface area (Å²) in [4.78, 5) is 4.27. The third-order valence-corrected chi connectivity index (χ3v) is 5.03. The molecule has 0 bridgehead atoms. The van der Waals surface area contributed by atoms with Gasteiger partial charge >= 0.3 is 0 Å². The highest BCUT2D eigenvalue weighted by Crippen LogP contribution is 2.30. The molecule has 0 saturated carbocycles. The first-order chi connectivity index (χ1) is 9.43. The summed E-state index contributed by atoms with van der Waals surface area (Å²) in [6.45, 7) is 2.06. The zero-order valence-electron chi connectivity index (χ0n) is 11.1. The van der Waals surface area contributed by atoms with E-state index in [0.29, 0.717) is 12.1 Å². The molecule has 0 aliphatic heterocycles. The maximum Gasteiger partial charge on any atom is 0.103 e. The lowest BCUT2D eigenvalue weighted by Gasteiger charge is -2.12. The molecule has 0 amide bonds. The quantitative estimate of drug-likeness (QED) is 0.741. The maximum absolute atomic E-state index is 10.4. The molecule has 4 nitrogen and oxygen atoms in total. The van der Waals surface area contributed by atoms with E-state index in [0.717, 1.165) is 31.2 Å². The molecule has 1 atom stereocenters. The molecule has 1 N–H and O–H groups in total. The summed E-state index contributed by atoms with van der Waals surface area (Å²) >= 11 is 10.3. The lowest BCUT2D eigenvalue weighted by atomic mass is 10.1. The molecule has 2 rings (SSSR count). The zero-order chi connectivity index (χ0) is 14.9. The van der Waals surface area contributed by atoms with Crippen molar-refractivity contribution in [2.24, 2.45) is 7.05 Å². The highest BCUT2D eigenvalue weighted by molar-refractivity contribution is 9.11. The van der Waals surface area contributed by atoms with Gasteiger partial charge in [-0.25, -0.2) is 0 Å². The number of aliphatic hydroxyl groups excluding tert-OH is 1. The Labute approximate surface area is 143 Å². The normalized spacial score (nSPS) is 12.7. The van der Waals surface area contributed by atoms with Gasteiger partial charge in [-0.3, -0.25) is 9.67 Å². The highest BCUT2D eigenvalue weighted by Gasteiger charge is 2.20. The molecule has 1 unspecified atom stereocenters. The van der Waals surface area contributed by atoms with Crippen LogP contribution in [0, 0.1) is 0 Å². The van der Waals surface area contributed by atoms with Crippen LogP contribution in [0.25, 0.3) is 0 Å². The first-order valence-corrected chi connectivity index (χ1v) is 8.51. The zero-order valence-corrected chi connectivity index (χ0v) is 15.8. The van der Waals surface area contributed by atoms with Crippen LogP contribution in [-0.4, -0.2) is 19.9 Å². The number of aryl methyl sites for hydroxylation is 2. The summed E-state index contributed by atoms with van der Waals surface area (Å²) in [7, 11) is 1.88. The highest BCUT2D eigenvalue weighted by atomic mass is 79.9. The van der Waals surface area contributed by atoms with Crippen molar-refractivity contribution in [3.63, 3.8) is 0 Å². The van der Waals surface area contributed by atoms with Gasteiger partial charge in [0.25, 0.3) is 0 Å². The van der Waals surface area contributed by atoms with Gasteiger partial charge in [0.2, 0.25) is 0 Å². The largest absolute Gasteiger partial charge is 0.386 e. The molecule has 0 radical (unpaired) electrons. The molecule has 2 aromatic rings. The summed E-state index contributed by atoms with van der Waals surface area (Å²) in [5, 5.41) is 14.8. The molecular formula is C13H14Br3N3O. The fraction of sp³-hybridized carbons (Fsp3) is 0.385. The van der Waals surface area contributed by atoms with Gasteiger partial charge < -0.3 is 5.11 Å². The van der Waals surface area contributed by atoms with E-state index < -0.39 is 6.10 Å². The van der Waals surface area contributed by atoms with Crippen LogP contribution in [0.15, 0.2) is 25.7 Å². The molecule has 2 aromatic heterocycles. The third kappa shape index (κ3) is 3.32. The Kier molecular flexibility index (Phi) is 5.39. The molecule has 0 fully saturated rings. The predicted octanol–water partition coefficient (Wildman–Crippen LogP) is 3.94. The second-order valence-electron chi connectivity index (χ2n) is 4.43. The maximum atomic E-state index is 10.4. The van der Waals surface area contributed by atoms with Gasteiger partial charge in [-0.1, -0.05) is 6.92 Å². The van der Waals surface area contributed by atoms with E-state index in [1.165, 1.54) is 0 Å². The number of aliphatic hydroxyl groups is 1. The number of nitrogens with zero attached hydrogens (tertiary/aromatic N) is 3. The minimum atomic E-state index is -0.686. The number of hydrogen-bond acceptors (Lipinski definition) is 3. The van der Waals surface area contributed by atoms with E-state index >= 15 is 0 Å². The van der Waals surface area contributed by atoms with E-state index in [-0.39, 0.29) is 0 Å². The fourth-order valence-electron chi connectivity index (χ4n) is 1.99. The summed E-state index contributed by atoms with van der Waals surface area (Å²) < 4.78 is 4.43. The monoisotopic (exact) mass is 465 g/mol. The van der Waals surface area contributed by atoms with Crippen molar-refractivity contribution in [3.8, 4) is 0 Å². The molecular weight excluding hydrogens is 454 g/mol.